The number of ketones is 1. The van der Waals surface area contributed by atoms with Crippen LogP contribution in [-0.4, -0.2) is 17.6 Å². The van der Waals surface area contributed by atoms with E-state index in [-0.39, 0.29) is 5.78 Å². The van der Waals surface area contributed by atoms with Gasteiger partial charge in [0.25, 0.3) is 5.85 Å². The minimum absolute atomic E-state index is 0.351. The molecule has 3 nitrogen and oxygen atoms in total. The summed E-state index contributed by atoms with van der Waals surface area (Å²) in [4.78, 5) is 20.7. The summed E-state index contributed by atoms with van der Waals surface area (Å²) < 4.78 is 17.2. The maximum atomic E-state index is 12.9. The molecule has 0 saturated carbocycles. The van der Waals surface area contributed by atoms with E-state index in [4.69, 9.17) is 0 Å². The zero-order valence-electron chi connectivity index (χ0n) is 6.81. The lowest BCUT2D eigenvalue weighted by atomic mass is 10.2. The van der Waals surface area contributed by atoms with E-state index < -0.39 is 18.2 Å². The Kier molecular flexibility index (Phi) is 3.17. The molecule has 0 aliphatic rings. The zero-order chi connectivity index (χ0) is 9.07. The van der Waals surface area contributed by atoms with Gasteiger partial charge in [-0.15, -0.1) is 0 Å². The summed E-state index contributed by atoms with van der Waals surface area (Å²) in [7, 11) is 0. The molecule has 0 spiro atoms. The first-order valence-corrected chi connectivity index (χ1v) is 3.21. The van der Waals surface area contributed by atoms with E-state index in [1.165, 1.54) is 6.92 Å². The Morgan fingerprint density at radius 1 is 1.45 bits per heavy atom. The molecule has 64 valence electrons. The van der Waals surface area contributed by atoms with Crippen LogP contribution in [0.5, 0.6) is 0 Å². The van der Waals surface area contributed by atoms with Crippen molar-refractivity contribution in [2.45, 2.75) is 33.0 Å². The van der Waals surface area contributed by atoms with Gasteiger partial charge in [0.1, 0.15) is 5.78 Å². The second-order valence-electron chi connectivity index (χ2n) is 2.57. The average molecular weight is 162 g/mol. The Labute approximate surface area is 64.5 Å². The number of hydrogen-bond donors (Lipinski definition) is 0. The number of hydrogen-bond acceptors (Lipinski definition) is 3. The van der Waals surface area contributed by atoms with Gasteiger partial charge in [0, 0.05) is 13.8 Å². The van der Waals surface area contributed by atoms with Gasteiger partial charge in [-0.2, -0.15) is 4.39 Å². The summed E-state index contributed by atoms with van der Waals surface area (Å²) in [5.74, 6) is -3.23. The maximum Gasteiger partial charge on any atom is 0.305 e. The summed E-state index contributed by atoms with van der Waals surface area (Å²) in [5.41, 5.74) is 0. The fraction of sp³-hybridized carbons (Fsp3) is 0.714. The normalized spacial score (nSPS) is 15.3. The van der Waals surface area contributed by atoms with Crippen LogP contribution < -0.4 is 0 Å². The second-order valence-corrected chi connectivity index (χ2v) is 2.57. The fourth-order valence-electron chi connectivity index (χ4n) is 0.780. The average Bonchev–Trinajstić information content (AvgIpc) is 1.53. The number of rotatable bonds is 3. The van der Waals surface area contributed by atoms with Crippen LogP contribution in [0.4, 0.5) is 4.39 Å². The molecule has 0 aliphatic carbocycles. The van der Waals surface area contributed by atoms with Crippen molar-refractivity contribution in [2.24, 2.45) is 0 Å². The number of Topliss-reactive ketones (excluding diaryl/α,β-unsaturated/α-hetero) is 1. The molecule has 0 aliphatic heterocycles. The molecule has 0 amide bonds. The molecule has 0 aromatic heterocycles. The Morgan fingerprint density at radius 2 is 1.91 bits per heavy atom. The molecule has 11 heavy (non-hydrogen) atoms. The van der Waals surface area contributed by atoms with Crippen molar-refractivity contribution >= 4 is 11.8 Å². The molecule has 4 heteroatoms. The van der Waals surface area contributed by atoms with Crippen molar-refractivity contribution in [3.05, 3.63) is 0 Å². The lowest BCUT2D eigenvalue weighted by molar-refractivity contribution is -0.177. The second kappa shape index (κ2) is 3.46. The standard InChI is InChI=1S/C7H11FO3/c1-5(9)4-7(3,8)11-6(2)10/h4H2,1-3H3. The molecule has 0 radical (unpaired) electrons. The van der Waals surface area contributed by atoms with Crippen molar-refractivity contribution < 1.29 is 18.7 Å². The minimum Gasteiger partial charge on any atom is -0.429 e. The maximum absolute atomic E-state index is 12.9. The predicted molar refractivity (Wildman–Crippen MR) is 36.6 cm³/mol. The van der Waals surface area contributed by atoms with E-state index >= 15 is 0 Å². The Hall–Kier alpha value is -0.930. The van der Waals surface area contributed by atoms with Gasteiger partial charge in [0.05, 0.1) is 6.42 Å². The summed E-state index contributed by atoms with van der Waals surface area (Å²) in [6.07, 6.45) is -0.396. The number of esters is 1. The van der Waals surface area contributed by atoms with Gasteiger partial charge in [0.2, 0.25) is 0 Å². The summed E-state index contributed by atoms with van der Waals surface area (Å²) >= 11 is 0. The van der Waals surface area contributed by atoms with Gasteiger partial charge in [0.15, 0.2) is 0 Å². The van der Waals surface area contributed by atoms with Crippen LogP contribution in [-0.2, 0) is 14.3 Å². The smallest absolute Gasteiger partial charge is 0.305 e. The molecule has 0 aromatic carbocycles. The lowest BCUT2D eigenvalue weighted by Crippen LogP contribution is -2.27. The first-order chi connectivity index (χ1) is 4.83. The summed E-state index contributed by atoms with van der Waals surface area (Å²) in [6, 6.07) is 0. The van der Waals surface area contributed by atoms with Crippen LogP contribution in [0.15, 0.2) is 0 Å². The highest BCUT2D eigenvalue weighted by atomic mass is 19.2. The van der Waals surface area contributed by atoms with Gasteiger partial charge >= 0.3 is 5.97 Å². The molecule has 0 bridgehead atoms. The number of carbonyl (C=O) groups excluding carboxylic acids is 2. The van der Waals surface area contributed by atoms with Crippen molar-refractivity contribution in [2.75, 3.05) is 0 Å². The highest BCUT2D eigenvalue weighted by Crippen LogP contribution is 2.17. The third-order valence-corrected chi connectivity index (χ3v) is 0.921. The quantitative estimate of drug-likeness (QED) is 0.586. The highest BCUT2D eigenvalue weighted by molar-refractivity contribution is 5.77. The molecular formula is C7H11FO3. The topological polar surface area (TPSA) is 43.4 Å². The van der Waals surface area contributed by atoms with Gasteiger partial charge < -0.3 is 4.74 Å². The number of halogens is 1. The molecule has 1 atom stereocenters. The lowest BCUT2D eigenvalue weighted by Gasteiger charge is -2.17. The molecule has 0 N–H and O–H groups in total. The van der Waals surface area contributed by atoms with E-state index in [0.29, 0.717) is 0 Å². The van der Waals surface area contributed by atoms with E-state index in [9.17, 15) is 14.0 Å². The van der Waals surface area contributed by atoms with E-state index in [2.05, 4.69) is 4.74 Å². The van der Waals surface area contributed by atoms with Crippen molar-refractivity contribution in [3.8, 4) is 0 Å². The van der Waals surface area contributed by atoms with E-state index in [1.807, 2.05) is 0 Å². The molecule has 1 unspecified atom stereocenters. The van der Waals surface area contributed by atoms with Gasteiger partial charge in [-0.25, -0.2) is 0 Å². The van der Waals surface area contributed by atoms with Crippen LogP contribution in [0.1, 0.15) is 27.2 Å². The van der Waals surface area contributed by atoms with Crippen LogP contribution >= 0.6 is 0 Å². The third-order valence-electron chi connectivity index (χ3n) is 0.921. The molecule has 0 aromatic rings. The van der Waals surface area contributed by atoms with Crippen molar-refractivity contribution in [1.29, 1.82) is 0 Å². The zero-order valence-corrected chi connectivity index (χ0v) is 6.81. The van der Waals surface area contributed by atoms with Gasteiger partial charge in [-0.05, 0) is 6.92 Å². The molecule has 0 fully saturated rings. The molecule has 0 rings (SSSR count). The van der Waals surface area contributed by atoms with Crippen LogP contribution in [0.3, 0.4) is 0 Å². The van der Waals surface area contributed by atoms with Gasteiger partial charge in [-0.1, -0.05) is 0 Å². The fourth-order valence-corrected chi connectivity index (χ4v) is 0.780. The molecular weight excluding hydrogens is 151 g/mol. The number of carbonyl (C=O) groups is 2. The summed E-state index contributed by atoms with van der Waals surface area (Å²) in [5, 5.41) is 0. The molecule has 0 heterocycles. The Morgan fingerprint density at radius 3 is 2.18 bits per heavy atom. The summed E-state index contributed by atoms with van der Waals surface area (Å²) in [6.45, 7) is 3.38. The van der Waals surface area contributed by atoms with Crippen molar-refractivity contribution in [1.82, 2.24) is 0 Å². The van der Waals surface area contributed by atoms with Crippen LogP contribution in [0.25, 0.3) is 0 Å². The largest absolute Gasteiger partial charge is 0.429 e. The van der Waals surface area contributed by atoms with E-state index in [1.54, 1.807) is 0 Å². The predicted octanol–water partition coefficient (Wildman–Crippen LogP) is 1.21. The SMILES string of the molecule is CC(=O)CC(C)(F)OC(C)=O. The third kappa shape index (κ3) is 5.51. The Balaban J connectivity index is 3.99. The first-order valence-electron chi connectivity index (χ1n) is 3.21. The van der Waals surface area contributed by atoms with Gasteiger partial charge in [-0.3, -0.25) is 9.59 Å². The van der Waals surface area contributed by atoms with E-state index in [0.717, 1.165) is 13.8 Å². The first kappa shape index (κ1) is 10.1. The van der Waals surface area contributed by atoms with Crippen molar-refractivity contribution in [3.63, 3.8) is 0 Å². The highest BCUT2D eigenvalue weighted by Gasteiger charge is 2.28. The van der Waals surface area contributed by atoms with Crippen LogP contribution in [0, 0.1) is 0 Å². The monoisotopic (exact) mass is 162 g/mol. The van der Waals surface area contributed by atoms with Crippen LogP contribution in [0.2, 0.25) is 0 Å². The Bertz CT molecular complexity index is 157. The number of alkyl halides is 1. The minimum atomic E-state index is -2.16. The molecule has 0 saturated heterocycles. The number of ether oxygens (including phenoxy) is 1.